The fourth-order valence-electron chi connectivity index (χ4n) is 2.14. The summed E-state index contributed by atoms with van der Waals surface area (Å²) in [5, 5.41) is 25.8. The molecule has 3 rings (SSSR count). The van der Waals surface area contributed by atoms with Crippen LogP contribution in [-0.2, 0) is 11.3 Å². The minimum absolute atomic E-state index is 0.562. The Morgan fingerprint density at radius 3 is 2.50 bits per heavy atom. The number of rotatable bonds is 6. The number of anilines is 1. The Labute approximate surface area is 138 Å². The van der Waals surface area contributed by atoms with Crippen molar-refractivity contribution in [2.24, 2.45) is 0 Å². The summed E-state index contributed by atoms with van der Waals surface area (Å²) >= 11 is 0. The van der Waals surface area contributed by atoms with Crippen molar-refractivity contribution >= 4 is 17.7 Å². The van der Waals surface area contributed by atoms with E-state index in [1.165, 1.54) is 0 Å². The van der Waals surface area contributed by atoms with Gasteiger partial charge in [-0.1, -0.05) is 24.3 Å². The number of nitrogens with one attached hydrogen (secondary N) is 2. The molecule has 3 aromatic rings. The van der Waals surface area contributed by atoms with Crippen molar-refractivity contribution in [3.8, 4) is 11.4 Å². The molecule has 1 aromatic heterocycles. The molecule has 0 spiro atoms. The van der Waals surface area contributed by atoms with Gasteiger partial charge in [0.2, 0.25) is 5.82 Å². The highest BCUT2D eigenvalue weighted by molar-refractivity contribution is 5.85. The van der Waals surface area contributed by atoms with Crippen LogP contribution < -0.4 is 5.32 Å². The number of carbonyl (C=O) groups is 1. The van der Waals surface area contributed by atoms with E-state index in [1.807, 2.05) is 48.5 Å². The average Bonchev–Trinajstić information content (AvgIpc) is 3.14. The number of carboxylic acids is 1. The molecular weight excluding hydrogens is 306 g/mol. The summed E-state index contributed by atoms with van der Waals surface area (Å²) < 4.78 is 0. The lowest BCUT2D eigenvalue weighted by Gasteiger charge is -2.07. The monoisotopic (exact) mass is 321 g/mol. The van der Waals surface area contributed by atoms with E-state index in [4.69, 9.17) is 5.11 Å². The molecule has 0 aliphatic rings. The van der Waals surface area contributed by atoms with Gasteiger partial charge in [0.25, 0.3) is 0 Å². The zero-order valence-corrected chi connectivity index (χ0v) is 12.7. The quantitative estimate of drug-likeness (QED) is 0.603. The molecular formula is C17H15N5O2. The summed E-state index contributed by atoms with van der Waals surface area (Å²) in [4.78, 5) is 10.5. The summed E-state index contributed by atoms with van der Waals surface area (Å²) in [6, 6.07) is 15.4. The van der Waals surface area contributed by atoms with Crippen molar-refractivity contribution in [2.45, 2.75) is 6.54 Å². The lowest BCUT2D eigenvalue weighted by atomic mass is 10.1. The van der Waals surface area contributed by atoms with Crippen LogP contribution in [-0.4, -0.2) is 31.7 Å². The van der Waals surface area contributed by atoms with Gasteiger partial charge in [0.05, 0.1) is 0 Å². The van der Waals surface area contributed by atoms with Gasteiger partial charge >= 0.3 is 5.97 Å². The second kappa shape index (κ2) is 7.19. The van der Waals surface area contributed by atoms with Gasteiger partial charge in [-0.05, 0) is 46.7 Å². The Balaban J connectivity index is 1.58. The maximum atomic E-state index is 10.5. The van der Waals surface area contributed by atoms with E-state index in [0.717, 1.165) is 28.5 Å². The highest BCUT2D eigenvalue weighted by Gasteiger charge is 2.02. The average molecular weight is 321 g/mol. The second-order valence-corrected chi connectivity index (χ2v) is 5.08. The second-order valence-electron chi connectivity index (χ2n) is 5.08. The van der Waals surface area contributed by atoms with E-state index < -0.39 is 5.97 Å². The standard InChI is InChI=1S/C17H15N5O2/c23-16(24)10-5-12-1-3-13(4-2-12)11-18-15-8-6-14(7-9-15)17-19-21-22-20-17/h1-10,18H,11H2,(H,23,24)(H,19,20,21,22)/b10-5+. The van der Waals surface area contributed by atoms with Crippen molar-refractivity contribution in [1.82, 2.24) is 20.6 Å². The number of hydrogen-bond acceptors (Lipinski definition) is 5. The molecule has 0 radical (unpaired) electrons. The third-order valence-electron chi connectivity index (χ3n) is 3.38. The predicted molar refractivity (Wildman–Crippen MR) is 90.1 cm³/mol. The maximum absolute atomic E-state index is 10.5. The Kier molecular flexibility index (Phi) is 4.62. The van der Waals surface area contributed by atoms with Gasteiger partial charge in [0, 0.05) is 23.9 Å². The third kappa shape index (κ3) is 4.04. The van der Waals surface area contributed by atoms with Crippen LogP contribution in [0.2, 0.25) is 0 Å². The van der Waals surface area contributed by atoms with Gasteiger partial charge in [0.15, 0.2) is 0 Å². The number of hydrogen-bond donors (Lipinski definition) is 3. The van der Waals surface area contributed by atoms with Gasteiger partial charge in [-0.2, -0.15) is 5.21 Å². The Bertz CT molecular complexity index is 824. The van der Waals surface area contributed by atoms with E-state index in [-0.39, 0.29) is 0 Å². The topological polar surface area (TPSA) is 104 Å². The first-order chi connectivity index (χ1) is 11.7. The largest absolute Gasteiger partial charge is 0.478 e. The third-order valence-corrected chi connectivity index (χ3v) is 3.38. The molecule has 0 aliphatic carbocycles. The normalized spacial score (nSPS) is 10.8. The number of aromatic nitrogens is 4. The summed E-state index contributed by atoms with van der Waals surface area (Å²) in [7, 11) is 0. The SMILES string of the molecule is O=C(O)/C=C/c1ccc(CNc2ccc(-c3nn[nH]n3)cc2)cc1. The molecule has 0 fully saturated rings. The van der Waals surface area contributed by atoms with Crippen molar-refractivity contribution in [3.05, 3.63) is 65.7 Å². The first kappa shape index (κ1) is 15.4. The van der Waals surface area contributed by atoms with Crippen LogP contribution in [0.1, 0.15) is 11.1 Å². The summed E-state index contributed by atoms with van der Waals surface area (Å²) in [5.41, 5.74) is 3.83. The van der Waals surface area contributed by atoms with Crippen LogP contribution in [0.15, 0.2) is 54.6 Å². The van der Waals surface area contributed by atoms with Crippen molar-refractivity contribution in [2.75, 3.05) is 5.32 Å². The number of aromatic amines is 1. The van der Waals surface area contributed by atoms with Gasteiger partial charge in [0.1, 0.15) is 0 Å². The van der Waals surface area contributed by atoms with Gasteiger partial charge in [-0.3, -0.25) is 0 Å². The first-order valence-electron chi connectivity index (χ1n) is 7.28. The van der Waals surface area contributed by atoms with Crippen LogP contribution in [0.4, 0.5) is 5.69 Å². The molecule has 0 bridgehead atoms. The summed E-state index contributed by atoms with van der Waals surface area (Å²) in [6.07, 6.45) is 2.69. The molecule has 24 heavy (non-hydrogen) atoms. The van der Waals surface area contributed by atoms with Crippen LogP contribution in [0.5, 0.6) is 0 Å². The smallest absolute Gasteiger partial charge is 0.328 e. The molecule has 0 atom stereocenters. The van der Waals surface area contributed by atoms with Crippen LogP contribution >= 0.6 is 0 Å². The lowest BCUT2D eigenvalue weighted by Crippen LogP contribution is -1.99. The minimum atomic E-state index is -0.954. The molecule has 1 heterocycles. The molecule has 2 aromatic carbocycles. The number of benzene rings is 2. The molecule has 0 unspecified atom stereocenters. The zero-order chi connectivity index (χ0) is 16.8. The fourth-order valence-corrected chi connectivity index (χ4v) is 2.14. The fraction of sp³-hybridized carbons (Fsp3) is 0.0588. The number of carboxylic acid groups (broad SMARTS) is 1. The van der Waals surface area contributed by atoms with Crippen LogP contribution in [0, 0.1) is 0 Å². The summed E-state index contributed by atoms with van der Waals surface area (Å²) in [6.45, 7) is 0.671. The predicted octanol–water partition coefficient (Wildman–Crippen LogP) is 2.58. The molecule has 0 aliphatic heterocycles. The van der Waals surface area contributed by atoms with Crippen molar-refractivity contribution < 1.29 is 9.90 Å². The van der Waals surface area contributed by atoms with E-state index in [2.05, 4.69) is 25.9 Å². The molecule has 0 saturated heterocycles. The van der Waals surface area contributed by atoms with Gasteiger partial charge < -0.3 is 10.4 Å². The van der Waals surface area contributed by atoms with Gasteiger partial charge in [-0.25, -0.2) is 4.79 Å². The molecule has 7 heteroatoms. The Morgan fingerprint density at radius 2 is 1.88 bits per heavy atom. The zero-order valence-electron chi connectivity index (χ0n) is 12.7. The molecule has 120 valence electrons. The maximum Gasteiger partial charge on any atom is 0.328 e. The summed E-state index contributed by atoms with van der Waals surface area (Å²) in [5.74, 6) is -0.392. The van der Waals surface area contributed by atoms with Crippen molar-refractivity contribution in [1.29, 1.82) is 0 Å². The molecule has 0 saturated carbocycles. The minimum Gasteiger partial charge on any atom is -0.478 e. The van der Waals surface area contributed by atoms with Crippen LogP contribution in [0.25, 0.3) is 17.5 Å². The first-order valence-corrected chi connectivity index (χ1v) is 7.28. The van der Waals surface area contributed by atoms with Crippen LogP contribution in [0.3, 0.4) is 0 Å². The highest BCUT2D eigenvalue weighted by Crippen LogP contribution is 2.17. The number of tetrazole rings is 1. The molecule has 3 N–H and O–H groups in total. The molecule has 7 nitrogen and oxygen atoms in total. The number of nitrogens with zero attached hydrogens (tertiary/aromatic N) is 3. The van der Waals surface area contributed by atoms with Crippen molar-refractivity contribution in [3.63, 3.8) is 0 Å². The van der Waals surface area contributed by atoms with E-state index >= 15 is 0 Å². The van der Waals surface area contributed by atoms with E-state index in [0.29, 0.717) is 12.4 Å². The lowest BCUT2D eigenvalue weighted by molar-refractivity contribution is -0.131. The highest BCUT2D eigenvalue weighted by atomic mass is 16.4. The van der Waals surface area contributed by atoms with E-state index in [1.54, 1.807) is 6.08 Å². The van der Waals surface area contributed by atoms with E-state index in [9.17, 15) is 4.79 Å². The number of aliphatic carboxylic acids is 1. The Hall–Kier alpha value is -3.48. The van der Waals surface area contributed by atoms with Gasteiger partial charge in [-0.15, -0.1) is 10.2 Å². The Morgan fingerprint density at radius 1 is 1.12 bits per heavy atom. The molecule has 0 amide bonds. The number of H-pyrrole nitrogens is 1.